The zero-order chi connectivity index (χ0) is 29.4. The predicted molar refractivity (Wildman–Crippen MR) is 159 cm³/mol. The standard InChI is InChI=1S/C31H32N2O7S/c1-5-38-27-17-22(11-13-26(27)40-19-29(34)32-23-12-10-20(2)16-21(23)3)18-28-30(35)33(31(36)41-28)14-15-39-25-9-7-6-8-24(25)37-4/h6-13,16-18H,5,14-15,19H2,1-4H3,(H,32,34)/b28-18-. The Morgan fingerprint density at radius 2 is 1.68 bits per heavy atom. The third kappa shape index (κ3) is 7.61. The maximum atomic E-state index is 13.0. The summed E-state index contributed by atoms with van der Waals surface area (Å²) in [7, 11) is 1.54. The molecule has 0 bridgehead atoms. The van der Waals surface area contributed by atoms with E-state index < -0.39 is 5.91 Å². The molecule has 1 aliphatic heterocycles. The van der Waals surface area contributed by atoms with Crippen LogP contribution in [0.2, 0.25) is 0 Å². The Bertz CT molecular complexity index is 1470. The molecule has 214 valence electrons. The zero-order valence-corrected chi connectivity index (χ0v) is 24.2. The van der Waals surface area contributed by atoms with Crippen LogP contribution in [0.4, 0.5) is 10.5 Å². The number of para-hydroxylation sites is 2. The number of carbonyl (C=O) groups excluding carboxylic acids is 3. The average Bonchev–Trinajstić information content (AvgIpc) is 3.22. The minimum absolute atomic E-state index is 0.0984. The molecule has 10 heteroatoms. The Balaban J connectivity index is 1.38. The summed E-state index contributed by atoms with van der Waals surface area (Å²) in [6.07, 6.45) is 1.63. The van der Waals surface area contributed by atoms with Crippen molar-refractivity contribution >= 4 is 40.6 Å². The highest BCUT2D eigenvalue weighted by atomic mass is 32.2. The van der Waals surface area contributed by atoms with Gasteiger partial charge in [0.1, 0.15) is 6.61 Å². The number of benzene rings is 3. The molecule has 0 radical (unpaired) electrons. The number of carbonyl (C=O) groups is 3. The summed E-state index contributed by atoms with van der Waals surface area (Å²) in [6, 6.07) is 18.1. The fourth-order valence-corrected chi connectivity index (χ4v) is 4.98. The Morgan fingerprint density at radius 3 is 2.41 bits per heavy atom. The van der Waals surface area contributed by atoms with Crippen molar-refractivity contribution in [2.45, 2.75) is 20.8 Å². The summed E-state index contributed by atoms with van der Waals surface area (Å²) in [5, 5.41) is 2.48. The van der Waals surface area contributed by atoms with E-state index in [2.05, 4.69) is 5.32 Å². The van der Waals surface area contributed by atoms with E-state index in [1.54, 1.807) is 43.5 Å². The number of nitrogens with one attached hydrogen (secondary N) is 1. The lowest BCUT2D eigenvalue weighted by molar-refractivity contribution is -0.123. The van der Waals surface area contributed by atoms with Crippen molar-refractivity contribution in [3.05, 3.63) is 82.3 Å². The molecule has 1 saturated heterocycles. The second kappa shape index (κ2) is 13.8. The first kappa shape index (κ1) is 29.5. The first-order valence-corrected chi connectivity index (χ1v) is 13.9. The van der Waals surface area contributed by atoms with Gasteiger partial charge < -0.3 is 24.3 Å². The van der Waals surface area contributed by atoms with Crippen molar-refractivity contribution in [2.24, 2.45) is 0 Å². The summed E-state index contributed by atoms with van der Waals surface area (Å²) in [5.74, 6) is 1.22. The first-order valence-electron chi connectivity index (χ1n) is 13.1. The van der Waals surface area contributed by atoms with Crippen LogP contribution >= 0.6 is 11.8 Å². The molecule has 9 nitrogen and oxygen atoms in total. The fourth-order valence-electron chi connectivity index (χ4n) is 4.11. The van der Waals surface area contributed by atoms with Gasteiger partial charge in [0, 0.05) is 5.69 Å². The second-order valence-electron chi connectivity index (χ2n) is 9.13. The Kier molecular flexibility index (Phi) is 9.91. The lowest BCUT2D eigenvalue weighted by Gasteiger charge is -2.14. The first-order chi connectivity index (χ1) is 19.8. The van der Waals surface area contributed by atoms with Crippen molar-refractivity contribution in [1.82, 2.24) is 4.90 Å². The van der Waals surface area contributed by atoms with Crippen molar-refractivity contribution in [2.75, 3.05) is 38.8 Å². The molecule has 0 unspecified atom stereocenters. The molecule has 3 aromatic carbocycles. The minimum atomic E-state index is -0.398. The number of methoxy groups -OCH3 is 1. The molecule has 0 saturated carbocycles. The molecular formula is C31H32N2O7S. The molecule has 4 rings (SSSR count). The van der Waals surface area contributed by atoms with E-state index in [4.69, 9.17) is 18.9 Å². The third-order valence-electron chi connectivity index (χ3n) is 6.10. The maximum absolute atomic E-state index is 13.0. The minimum Gasteiger partial charge on any atom is -0.493 e. The lowest BCUT2D eigenvalue weighted by Crippen LogP contribution is -2.32. The highest BCUT2D eigenvalue weighted by Gasteiger charge is 2.35. The summed E-state index contributed by atoms with van der Waals surface area (Å²) in [4.78, 5) is 39.5. The summed E-state index contributed by atoms with van der Waals surface area (Å²) >= 11 is 0.864. The van der Waals surface area contributed by atoms with E-state index in [9.17, 15) is 14.4 Å². The van der Waals surface area contributed by atoms with Crippen LogP contribution in [-0.2, 0) is 9.59 Å². The van der Waals surface area contributed by atoms with E-state index in [1.807, 2.05) is 51.1 Å². The summed E-state index contributed by atoms with van der Waals surface area (Å²) < 4.78 is 22.5. The third-order valence-corrected chi connectivity index (χ3v) is 7.00. The van der Waals surface area contributed by atoms with Crippen LogP contribution in [0, 0.1) is 13.8 Å². The number of amides is 3. The molecule has 3 amide bonds. The van der Waals surface area contributed by atoms with Gasteiger partial charge >= 0.3 is 0 Å². The highest BCUT2D eigenvalue weighted by Crippen LogP contribution is 2.35. The van der Waals surface area contributed by atoms with Crippen LogP contribution in [0.25, 0.3) is 6.08 Å². The van der Waals surface area contributed by atoms with Gasteiger partial charge in [-0.25, -0.2) is 0 Å². The predicted octanol–water partition coefficient (Wildman–Crippen LogP) is 5.84. The van der Waals surface area contributed by atoms with Gasteiger partial charge in [0.2, 0.25) is 0 Å². The Hall–Kier alpha value is -4.44. The normalized spacial score (nSPS) is 13.9. The molecule has 1 heterocycles. The Morgan fingerprint density at radius 1 is 0.927 bits per heavy atom. The summed E-state index contributed by atoms with van der Waals surface area (Å²) in [6.45, 7) is 6.15. The molecule has 0 aliphatic carbocycles. The molecule has 0 spiro atoms. The largest absolute Gasteiger partial charge is 0.493 e. The van der Waals surface area contributed by atoms with E-state index in [1.165, 1.54) is 0 Å². The van der Waals surface area contributed by atoms with Crippen molar-refractivity contribution in [3.8, 4) is 23.0 Å². The molecule has 0 atom stereocenters. The fraction of sp³-hybridized carbons (Fsp3) is 0.258. The van der Waals surface area contributed by atoms with Gasteiger partial charge in [-0.3, -0.25) is 19.3 Å². The molecule has 0 aromatic heterocycles. The molecule has 41 heavy (non-hydrogen) atoms. The molecule has 3 aromatic rings. The SMILES string of the molecule is CCOc1cc(/C=C2\SC(=O)N(CCOc3ccccc3OC)C2=O)ccc1OCC(=O)Nc1ccc(C)cc1C. The highest BCUT2D eigenvalue weighted by molar-refractivity contribution is 8.18. The molecule has 1 fully saturated rings. The van der Waals surface area contributed by atoms with Crippen LogP contribution in [0.1, 0.15) is 23.6 Å². The molecule has 1 N–H and O–H groups in total. The van der Waals surface area contributed by atoms with Crippen molar-refractivity contribution in [3.63, 3.8) is 0 Å². The van der Waals surface area contributed by atoms with Gasteiger partial charge in [-0.2, -0.15) is 0 Å². The van der Waals surface area contributed by atoms with Gasteiger partial charge in [-0.1, -0.05) is 35.9 Å². The number of aryl methyl sites for hydroxylation is 2. The smallest absolute Gasteiger partial charge is 0.293 e. The van der Waals surface area contributed by atoms with Crippen LogP contribution in [0.15, 0.2) is 65.6 Å². The maximum Gasteiger partial charge on any atom is 0.293 e. The van der Waals surface area contributed by atoms with E-state index in [0.29, 0.717) is 35.2 Å². The van der Waals surface area contributed by atoms with Crippen LogP contribution in [0.3, 0.4) is 0 Å². The number of ether oxygens (including phenoxy) is 4. The van der Waals surface area contributed by atoms with Gasteiger partial charge in [-0.05, 0) is 80.1 Å². The summed E-state index contributed by atoms with van der Waals surface area (Å²) in [5.41, 5.74) is 3.45. The van der Waals surface area contributed by atoms with E-state index in [-0.39, 0.29) is 35.8 Å². The average molecular weight is 577 g/mol. The van der Waals surface area contributed by atoms with Crippen LogP contribution < -0.4 is 24.3 Å². The topological polar surface area (TPSA) is 103 Å². The van der Waals surface area contributed by atoms with Gasteiger partial charge in [0.25, 0.3) is 17.1 Å². The van der Waals surface area contributed by atoms with E-state index in [0.717, 1.165) is 33.5 Å². The number of hydrogen-bond acceptors (Lipinski definition) is 8. The number of nitrogens with zero attached hydrogens (tertiary/aromatic N) is 1. The monoisotopic (exact) mass is 576 g/mol. The second-order valence-corrected chi connectivity index (χ2v) is 10.1. The van der Waals surface area contributed by atoms with Gasteiger partial charge in [0.15, 0.2) is 29.6 Å². The van der Waals surface area contributed by atoms with Crippen molar-refractivity contribution < 1.29 is 33.3 Å². The number of thioether (sulfide) groups is 1. The zero-order valence-electron chi connectivity index (χ0n) is 23.4. The van der Waals surface area contributed by atoms with Crippen molar-refractivity contribution in [1.29, 1.82) is 0 Å². The van der Waals surface area contributed by atoms with E-state index >= 15 is 0 Å². The van der Waals surface area contributed by atoms with Crippen LogP contribution in [-0.4, -0.2) is 55.4 Å². The Labute approximate surface area is 243 Å². The lowest BCUT2D eigenvalue weighted by atomic mass is 10.1. The van der Waals surface area contributed by atoms with Gasteiger partial charge in [0.05, 0.1) is 25.2 Å². The number of imide groups is 1. The quantitative estimate of drug-likeness (QED) is 0.268. The molecular weight excluding hydrogens is 544 g/mol. The number of anilines is 1. The van der Waals surface area contributed by atoms with Gasteiger partial charge in [-0.15, -0.1) is 0 Å². The van der Waals surface area contributed by atoms with Crippen LogP contribution in [0.5, 0.6) is 23.0 Å². The number of hydrogen-bond donors (Lipinski definition) is 1. The number of rotatable bonds is 12. The molecule has 1 aliphatic rings.